The van der Waals surface area contributed by atoms with E-state index in [-0.39, 0.29) is 5.97 Å². The van der Waals surface area contributed by atoms with E-state index in [1.807, 2.05) is 25.1 Å². The third-order valence-corrected chi connectivity index (χ3v) is 2.20. The lowest BCUT2D eigenvalue weighted by atomic mass is 10.2. The number of aliphatic imine (C=N–C) groups is 1. The molecule has 0 heterocycles. The topological polar surface area (TPSA) is 41.9 Å². The van der Waals surface area contributed by atoms with Crippen LogP contribution in [0.25, 0.3) is 0 Å². The maximum absolute atomic E-state index is 11.4. The fraction of sp³-hybridized carbons (Fsp3) is 0.273. The summed E-state index contributed by atoms with van der Waals surface area (Å²) in [5.74, 6) is -0.373. The van der Waals surface area contributed by atoms with Crippen molar-refractivity contribution in [2.45, 2.75) is 0 Å². The van der Waals surface area contributed by atoms with E-state index in [2.05, 4.69) is 25.7 Å². The van der Waals surface area contributed by atoms with E-state index in [0.29, 0.717) is 11.3 Å². The van der Waals surface area contributed by atoms with Crippen molar-refractivity contribution in [1.29, 1.82) is 0 Å². The Kier molecular flexibility index (Phi) is 4.49. The van der Waals surface area contributed by atoms with Crippen LogP contribution in [0.4, 0.5) is 5.69 Å². The molecule has 0 spiro atoms. The first kappa shape index (κ1) is 12.7. The van der Waals surface area contributed by atoms with Crippen LogP contribution in [0, 0.1) is 0 Å². The van der Waals surface area contributed by atoms with E-state index in [0.717, 1.165) is 4.47 Å². The molecule has 0 aromatic heterocycles. The lowest BCUT2D eigenvalue weighted by Gasteiger charge is -2.04. The van der Waals surface area contributed by atoms with Crippen molar-refractivity contribution in [2.75, 3.05) is 21.2 Å². The first-order valence-corrected chi connectivity index (χ1v) is 5.41. The Hall–Kier alpha value is -1.36. The van der Waals surface area contributed by atoms with Crippen molar-refractivity contribution in [1.82, 2.24) is 4.90 Å². The van der Waals surface area contributed by atoms with Crippen LogP contribution < -0.4 is 0 Å². The van der Waals surface area contributed by atoms with Crippen LogP contribution in [0.15, 0.2) is 27.7 Å². The summed E-state index contributed by atoms with van der Waals surface area (Å²) in [6, 6.07) is 5.20. The molecule has 0 unspecified atom stereocenters. The Morgan fingerprint density at radius 1 is 1.44 bits per heavy atom. The third-order valence-electron chi connectivity index (χ3n) is 1.74. The van der Waals surface area contributed by atoms with Crippen LogP contribution in [-0.2, 0) is 4.74 Å². The zero-order chi connectivity index (χ0) is 12.1. The number of benzene rings is 1. The second kappa shape index (κ2) is 5.65. The van der Waals surface area contributed by atoms with Gasteiger partial charge < -0.3 is 9.64 Å². The molecule has 86 valence electrons. The lowest BCUT2D eigenvalue weighted by molar-refractivity contribution is 0.0600. The van der Waals surface area contributed by atoms with Crippen LogP contribution in [0.5, 0.6) is 0 Å². The van der Waals surface area contributed by atoms with Gasteiger partial charge in [0.1, 0.15) is 0 Å². The van der Waals surface area contributed by atoms with Crippen LogP contribution in [-0.4, -0.2) is 38.4 Å². The SMILES string of the molecule is COC(=O)c1cc(Br)cc(N=CN(C)C)c1. The largest absolute Gasteiger partial charge is 0.465 e. The molecular weight excluding hydrogens is 272 g/mol. The van der Waals surface area contributed by atoms with Crippen molar-refractivity contribution in [3.05, 3.63) is 28.2 Å². The highest BCUT2D eigenvalue weighted by Crippen LogP contribution is 2.22. The van der Waals surface area contributed by atoms with Gasteiger partial charge in [-0.05, 0) is 18.2 Å². The molecule has 1 aromatic rings. The van der Waals surface area contributed by atoms with Crippen LogP contribution >= 0.6 is 15.9 Å². The highest BCUT2D eigenvalue weighted by atomic mass is 79.9. The van der Waals surface area contributed by atoms with E-state index < -0.39 is 0 Å². The molecule has 0 saturated carbocycles. The van der Waals surface area contributed by atoms with Gasteiger partial charge in [0, 0.05) is 18.6 Å². The smallest absolute Gasteiger partial charge is 0.337 e. The molecule has 0 saturated heterocycles. The van der Waals surface area contributed by atoms with Crippen LogP contribution in [0.2, 0.25) is 0 Å². The summed E-state index contributed by atoms with van der Waals surface area (Å²) in [6.45, 7) is 0. The fourth-order valence-corrected chi connectivity index (χ4v) is 1.55. The molecule has 0 bridgehead atoms. The van der Waals surface area contributed by atoms with Gasteiger partial charge in [-0.3, -0.25) is 0 Å². The molecule has 0 aliphatic carbocycles. The molecule has 0 N–H and O–H groups in total. The summed E-state index contributed by atoms with van der Waals surface area (Å²) in [7, 11) is 5.11. The number of hydrogen-bond donors (Lipinski definition) is 0. The number of nitrogens with zero attached hydrogens (tertiary/aromatic N) is 2. The predicted molar refractivity (Wildman–Crippen MR) is 67.3 cm³/mol. The second-order valence-electron chi connectivity index (χ2n) is 3.40. The highest BCUT2D eigenvalue weighted by Gasteiger charge is 2.07. The molecule has 1 aromatic carbocycles. The van der Waals surface area contributed by atoms with Gasteiger partial charge in [-0.15, -0.1) is 0 Å². The van der Waals surface area contributed by atoms with Crippen molar-refractivity contribution in [3.8, 4) is 0 Å². The standard InChI is InChI=1S/C11H13BrN2O2/c1-14(2)7-13-10-5-8(11(15)16-3)4-9(12)6-10/h4-7H,1-3H3. The fourth-order valence-electron chi connectivity index (χ4n) is 1.07. The zero-order valence-corrected chi connectivity index (χ0v) is 11.0. The maximum atomic E-state index is 11.4. The average Bonchev–Trinajstić information content (AvgIpc) is 2.24. The summed E-state index contributed by atoms with van der Waals surface area (Å²) in [4.78, 5) is 17.4. The van der Waals surface area contributed by atoms with Crippen LogP contribution in [0.3, 0.4) is 0 Å². The molecular formula is C11H13BrN2O2. The van der Waals surface area contributed by atoms with Crippen LogP contribution in [0.1, 0.15) is 10.4 Å². The van der Waals surface area contributed by atoms with Gasteiger partial charge in [0.05, 0.1) is 24.7 Å². The van der Waals surface area contributed by atoms with E-state index in [1.54, 1.807) is 18.5 Å². The number of carbonyl (C=O) groups is 1. The van der Waals surface area contributed by atoms with E-state index >= 15 is 0 Å². The minimum absolute atomic E-state index is 0.373. The highest BCUT2D eigenvalue weighted by molar-refractivity contribution is 9.10. The van der Waals surface area contributed by atoms with E-state index in [4.69, 9.17) is 0 Å². The molecule has 0 radical (unpaired) electrons. The quantitative estimate of drug-likeness (QED) is 0.486. The van der Waals surface area contributed by atoms with Gasteiger partial charge >= 0.3 is 5.97 Å². The van der Waals surface area contributed by atoms with Crippen molar-refractivity contribution < 1.29 is 9.53 Å². The predicted octanol–water partition coefficient (Wildman–Crippen LogP) is 2.46. The van der Waals surface area contributed by atoms with Crippen molar-refractivity contribution in [2.24, 2.45) is 4.99 Å². The van der Waals surface area contributed by atoms with Crippen molar-refractivity contribution in [3.63, 3.8) is 0 Å². The third kappa shape index (κ3) is 3.66. The Morgan fingerprint density at radius 2 is 2.12 bits per heavy atom. The molecule has 4 nitrogen and oxygen atoms in total. The molecule has 1 rings (SSSR count). The Labute approximate surface area is 103 Å². The summed E-state index contributed by atoms with van der Waals surface area (Å²) < 4.78 is 5.44. The van der Waals surface area contributed by atoms with Gasteiger partial charge in [-0.2, -0.15) is 0 Å². The van der Waals surface area contributed by atoms with Gasteiger partial charge in [-0.1, -0.05) is 15.9 Å². The Balaban J connectivity index is 3.03. The van der Waals surface area contributed by atoms with Gasteiger partial charge in [0.25, 0.3) is 0 Å². The van der Waals surface area contributed by atoms with E-state index in [9.17, 15) is 4.79 Å². The lowest BCUT2D eigenvalue weighted by Crippen LogP contribution is -2.07. The summed E-state index contributed by atoms with van der Waals surface area (Å²) in [6.07, 6.45) is 1.67. The minimum atomic E-state index is -0.373. The molecule has 0 amide bonds. The molecule has 0 aliphatic heterocycles. The zero-order valence-electron chi connectivity index (χ0n) is 9.40. The number of halogens is 1. The van der Waals surface area contributed by atoms with E-state index in [1.165, 1.54) is 7.11 Å². The molecule has 0 fully saturated rings. The molecule has 0 atom stereocenters. The van der Waals surface area contributed by atoms with Gasteiger partial charge in [0.15, 0.2) is 0 Å². The number of rotatable bonds is 3. The second-order valence-corrected chi connectivity index (χ2v) is 4.31. The number of carbonyl (C=O) groups excluding carboxylic acids is 1. The number of esters is 1. The summed E-state index contributed by atoms with van der Waals surface area (Å²) >= 11 is 3.32. The molecule has 0 aliphatic rings. The van der Waals surface area contributed by atoms with Gasteiger partial charge in [0.2, 0.25) is 0 Å². The molecule has 5 heteroatoms. The number of hydrogen-bond acceptors (Lipinski definition) is 3. The summed E-state index contributed by atoms with van der Waals surface area (Å²) in [5.41, 5.74) is 1.17. The minimum Gasteiger partial charge on any atom is -0.465 e. The van der Waals surface area contributed by atoms with Gasteiger partial charge in [-0.25, -0.2) is 9.79 Å². The first-order valence-electron chi connectivity index (χ1n) is 4.62. The Morgan fingerprint density at radius 3 is 2.69 bits per heavy atom. The number of ether oxygens (including phenoxy) is 1. The monoisotopic (exact) mass is 284 g/mol. The average molecular weight is 285 g/mol. The normalized spacial score (nSPS) is 10.5. The number of methoxy groups -OCH3 is 1. The summed E-state index contributed by atoms with van der Waals surface area (Å²) in [5, 5.41) is 0. The van der Waals surface area contributed by atoms with Crippen molar-refractivity contribution >= 4 is 33.9 Å². The Bertz CT molecular complexity index is 416. The molecule has 16 heavy (non-hydrogen) atoms. The first-order chi connectivity index (χ1) is 7.52. The maximum Gasteiger partial charge on any atom is 0.337 e.